The van der Waals surface area contributed by atoms with Crippen LogP contribution in [0, 0.1) is 0 Å². The molecule has 0 saturated heterocycles. The molecule has 3 aromatic heterocycles. The Labute approximate surface area is 167 Å². The van der Waals surface area contributed by atoms with Crippen molar-refractivity contribution in [2.24, 2.45) is 7.05 Å². The van der Waals surface area contributed by atoms with E-state index in [2.05, 4.69) is 20.4 Å². The predicted octanol–water partition coefficient (Wildman–Crippen LogP) is 1.97. The highest BCUT2D eigenvalue weighted by molar-refractivity contribution is 5.77. The van der Waals surface area contributed by atoms with Gasteiger partial charge in [-0.1, -0.05) is 0 Å². The second kappa shape index (κ2) is 7.09. The lowest BCUT2D eigenvalue weighted by Crippen LogP contribution is -2.35. The third-order valence-corrected chi connectivity index (χ3v) is 6.24. The van der Waals surface area contributed by atoms with E-state index in [1.807, 2.05) is 0 Å². The number of hydrogen-bond acceptors (Lipinski definition) is 6. The van der Waals surface area contributed by atoms with E-state index in [0.717, 1.165) is 56.2 Å². The van der Waals surface area contributed by atoms with E-state index in [1.165, 1.54) is 0 Å². The van der Waals surface area contributed by atoms with Gasteiger partial charge in [0, 0.05) is 25.4 Å². The molecule has 0 amide bonds. The van der Waals surface area contributed by atoms with Crippen molar-refractivity contribution in [2.45, 2.75) is 57.0 Å². The molecule has 29 heavy (non-hydrogen) atoms. The molecule has 0 unspecified atom stereocenters. The van der Waals surface area contributed by atoms with Crippen LogP contribution in [0.2, 0.25) is 0 Å². The molecule has 3 heterocycles. The molecular weight excluding hydrogens is 368 g/mol. The molecule has 0 spiro atoms. The van der Waals surface area contributed by atoms with Gasteiger partial charge in [0.15, 0.2) is 0 Å². The summed E-state index contributed by atoms with van der Waals surface area (Å²) in [7, 11) is 1.73. The minimum atomic E-state index is -0.0810. The summed E-state index contributed by atoms with van der Waals surface area (Å²) in [4.78, 5) is 33.7. The Hall–Kier alpha value is -3.03. The van der Waals surface area contributed by atoms with Crippen molar-refractivity contribution >= 4 is 16.9 Å². The van der Waals surface area contributed by atoms with Crippen LogP contribution in [0.3, 0.4) is 0 Å². The summed E-state index contributed by atoms with van der Waals surface area (Å²) in [5.74, 6) is 0.562. The standard InChI is InChI=1S/C21H24N6O2/c1-26-20(29)16-9-10-22-12-18(16)24-21(26)23-14-5-7-15(8-6-14)27-19(28)11-13-3-2-4-17(13)25-27/h9-12,14-15H,2-8H2,1H3,(H,23,24). The van der Waals surface area contributed by atoms with Gasteiger partial charge in [-0.25, -0.2) is 9.67 Å². The zero-order chi connectivity index (χ0) is 20.0. The normalized spacial score (nSPS) is 21.3. The van der Waals surface area contributed by atoms with E-state index in [-0.39, 0.29) is 23.2 Å². The predicted molar refractivity (Wildman–Crippen MR) is 110 cm³/mol. The highest BCUT2D eigenvalue weighted by atomic mass is 16.1. The van der Waals surface area contributed by atoms with Gasteiger partial charge in [0.2, 0.25) is 5.95 Å². The first kappa shape index (κ1) is 18.0. The zero-order valence-corrected chi connectivity index (χ0v) is 16.5. The Kier molecular flexibility index (Phi) is 4.41. The topological polar surface area (TPSA) is 94.7 Å². The van der Waals surface area contributed by atoms with Crippen LogP contribution in [0.15, 0.2) is 34.1 Å². The SMILES string of the molecule is Cn1c(NC2CCC(n3nc4c(cc3=O)CCC4)CC2)nc2cnccc2c1=O. The third kappa shape index (κ3) is 3.22. The fourth-order valence-electron chi connectivity index (χ4n) is 4.58. The van der Waals surface area contributed by atoms with Gasteiger partial charge in [-0.2, -0.15) is 5.10 Å². The van der Waals surface area contributed by atoms with Crippen molar-refractivity contribution in [3.05, 3.63) is 56.5 Å². The highest BCUT2D eigenvalue weighted by Gasteiger charge is 2.26. The first-order chi connectivity index (χ1) is 14.1. The minimum Gasteiger partial charge on any atom is -0.353 e. The summed E-state index contributed by atoms with van der Waals surface area (Å²) in [6.45, 7) is 0. The number of aryl methyl sites for hydroxylation is 2. The van der Waals surface area contributed by atoms with Crippen molar-refractivity contribution in [3.63, 3.8) is 0 Å². The number of hydrogen-bond donors (Lipinski definition) is 1. The summed E-state index contributed by atoms with van der Waals surface area (Å²) < 4.78 is 3.26. The Morgan fingerprint density at radius 3 is 2.79 bits per heavy atom. The quantitative estimate of drug-likeness (QED) is 0.732. The molecule has 0 aromatic carbocycles. The molecule has 8 heteroatoms. The lowest BCUT2D eigenvalue weighted by atomic mass is 9.91. The summed E-state index contributed by atoms with van der Waals surface area (Å²) in [5, 5.41) is 8.66. The Morgan fingerprint density at radius 2 is 1.97 bits per heavy atom. The molecule has 0 bridgehead atoms. The van der Waals surface area contributed by atoms with Gasteiger partial charge in [-0.15, -0.1) is 0 Å². The molecule has 0 radical (unpaired) electrons. The number of aromatic nitrogens is 5. The molecule has 1 fully saturated rings. The zero-order valence-electron chi connectivity index (χ0n) is 16.5. The molecule has 1 N–H and O–H groups in total. The van der Waals surface area contributed by atoms with Crippen molar-refractivity contribution in [2.75, 3.05) is 5.32 Å². The summed E-state index contributed by atoms with van der Waals surface area (Å²) in [6.07, 6.45) is 9.83. The fraction of sp³-hybridized carbons (Fsp3) is 0.476. The number of pyridine rings is 1. The monoisotopic (exact) mass is 392 g/mol. The highest BCUT2D eigenvalue weighted by Crippen LogP contribution is 2.29. The smallest absolute Gasteiger partial charge is 0.267 e. The van der Waals surface area contributed by atoms with Gasteiger partial charge in [0.25, 0.3) is 11.1 Å². The van der Waals surface area contributed by atoms with Crippen LogP contribution in [0.4, 0.5) is 5.95 Å². The lowest BCUT2D eigenvalue weighted by Gasteiger charge is -2.30. The van der Waals surface area contributed by atoms with Crippen LogP contribution in [-0.2, 0) is 19.9 Å². The summed E-state index contributed by atoms with van der Waals surface area (Å²) in [6, 6.07) is 3.83. The second-order valence-corrected chi connectivity index (χ2v) is 8.09. The molecule has 2 aliphatic rings. The molecular formula is C21H24N6O2. The number of nitrogens with zero attached hydrogens (tertiary/aromatic N) is 5. The van der Waals surface area contributed by atoms with Crippen LogP contribution < -0.4 is 16.4 Å². The van der Waals surface area contributed by atoms with E-state index >= 15 is 0 Å². The third-order valence-electron chi connectivity index (χ3n) is 6.24. The van der Waals surface area contributed by atoms with E-state index < -0.39 is 0 Å². The maximum absolute atomic E-state index is 12.6. The van der Waals surface area contributed by atoms with Crippen molar-refractivity contribution < 1.29 is 0 Å². The second-order valence-electron chi connectivity index (χ2n) is 8.09. The fourth-order valence-corrected chi connectivity index (χ4v) is 4.58. The molecule has 1 saturated carbocycles. The van der Waals surface area contributed by atoms with Crippen LogP contribution in [0.5, 0.6) is 0 Å². The number of anilines is 1. The molecule has 3 aromatic rings. The molecule has 8 nitrogen and oxygen atoms in total. The number of fused-ring (bicyclic) bond motifs is 2. The number of rotatable bonds is 3. The Balaban J connectivity index is 1.32. The largest absolute Gasteiger partial charge is 0.353 e. The van der Waals surface area contributed by atoms with Crippen molar-refractivity contribution in [1.29, 1.82) is 0 Å². The summed E-state index contributed by atoms with van der Waals surface area (Å²) >= 11 is 0. The first-order valence-electron chi connectivity index (χ1n) is 10.3. The van der Waals surface area contributed by atoms with E-state index in [1.54, 1.807) is 40.8 Å². The molecule has 0 atom stereocenters. The Morgan fingerprint density at radius 1 is 1.14 bits per heavy atom. The maximum Gasteiger partial charge on any atom is 0.267 e. The molecule has 150 valence electrons. The number of nitrogens with one attached hydrogen (secondary N) is 1. The van der Waals surface area contributed by atoms with Gasteiger partial charge in [0.05, 0.1) is 28.8 Å². The minimum absolute atomic E-state index is 0.0214. The summed E-state index contributed by atoms with van der Waals surface area (Å²) in [5.41, 5.74) is 2.75. The van der Waals surface area contributed by atoms with Gasteiger partial charge >= 0.3 is 0 Å². The van der Waals surface area contributed by atoms with Gasteiger partial charge in [-0.3, -0.25) is 19.1 Å². The van der Waals surface area contributed by atoms with Gasteiger partial charge in [0.1, 0.15) is 0 Å². The average Bonchev–Trinajstić information content (AvgIpc) is 3.19. The average molecular weight is 392 g/mol. The first-order valence-corrected chi connectivity index (χ1v) is 10.3. The van der Waals surface area contributed by atoms with E-state index in [9.17, 15) is 9.59 Å². The Bertz CT molecular complexity index is 1190. The lowest BCUT2D eigenvalue weighted by molar-refractivity contribution is 0.301. The van der Waals surface area contributed by atoms with Crippen molar-refractivity contribution in [3.8, 4) is 0 Å². The van der Waals surface area contributed by atoms with Crippen LogP contribution in [0.25, 0.3) is 10.9 Å². The van der Waals surface area contributed by atoms with E-state index in [0.29, 0.717) is 16.9 Å². The molecule has 5 rings (SSSR count). The van der Waals surface area contributed by atoms with Crippen LogP contribution in [0.1, 0.15) is 49.4 Å². The van der Waals surface area contributed by atoms with Crippen LogP contribution in [-0.4, -0.2) is 30.4 Å². The van der Waals surface area contributed by atoms with Gasteiger partial charge in [-0.05, 0) is 56.6 Å². The van der Waals surface area contributed by atoms with E-state index in [4.69, 9.17) is 0 Å². The van der Waals surface area contributed by atoms with Gasteiger partial charge < -0.3 is 5.32 Å². The van der Waals surface area contributed by atoms with Crippen LogP contribution >= 0.6 is 0 Å². The molecule has 0 aliphatic heterocycles. The van der Waals surface area contributed by atoms with Crippen molar-refractivity contribution in [1.82, 2.24) is 24.3 Å². The maximum atomic E-state index is 12.6. The molecule has 2 aliphatic carbocycles.